The molecule has 1 aromatic heterocycles. The lowest BCUT2D eigenvalue weighted by Gasteiger charge is -2.16. The number of aromatic nitrogens is 2. The molecular formula is C10H18N4. The summed E-state index contributed by atoms with van der Waals surface area (Å²) in [5, 5.41) is 7.87. The lowest BCUT2D eigenvalue weighted by Crippen LogP contribution is -2.20. The van der Waals surface area contributed by atoms with Gasteiger partial charge in [0, 0.05) is 19.8 Å². The molecule has 1 aromatic rings. The van der Waals surface area contributed by atoms with E-state index in [1.807, 2.05) is 19.2 Å². The molecule has 0 radical (unpaired) electrons. The second-order valence-corrected chi connectivity index (χ2v) is 3.35. The van der Waals surface area contributed by atoms with E-state index in [1.165, 1.54) is 6.42 Å². The van der Waals surface area contributed by atoms with Gasteiger partial charge in [-0.1, -0.05) is 6.42 Å². The Kier molecular flexibility index (Phi) is 4.93. The Bertz CT molecular complexity index is 237. The lowest BCUT2D eigenvalue weighted by atomic mass is 10.2. The maximum atomic E-state index is 5.42. The first-order valence-corrected chi connectivity index (χ1v) is 5.03. The molecule has 0 aliphatic heterocycles. The molecule has 1 rings (SSSR count). The summed E-state index contributed by atoms with van der Waals surface area (Å²) in [5.41, 5.74) is 5.42. The van der Waals surface area contributed by atoms with Crippen LogP contribution in [-0.4, -0.2) is 30.3 Å². The van der Waals surface area contributed by atoms with Gasteiger partial charge in [0.05, 0.1) is 0 Å². The minimum atomic E-state index is 0.787. The van der Waals surface area contributed by atoms with E-state index in [0.717, 1.165) is 31.7 Å². The Labute approximate surface area is 85.1 Å². The summed E-state index contributed by atoms with van der Waals surface area (Å²) in [5.74, 6) is 0.931. The first-order chi connectivity index (χ1) is 6.84. The van der Waals surface area contributed by atoms with Crippen LogP contribution in [-0.2, 0) is 0 Å². The molecule has 0 spiro atoms. The smallest absolute Gasteiger partial charge is 0.150 e. The molecule has 0 saturated carbocycles. The van der Waals surface area contributed by atoms with E-state index in [1.54, 1.807) is 6.20 Å². The van der Waals surface area contributed by atoms with Crippen LogP contribution in [0, 0.1) is 0 Å². The zero-order chi connectivity index (χ0) is 10.2. The van der Waals surface area contributed by atoms with Gasteiger partial charge < -0.3 is 10.6 Å². The molecule has 2 N–H and O–H groups in total. The van der Waals surface area contributed by atoms with Crippen molar-refractivity contribution in [3.05, 3.63) is 18.3 Å². The number of nitrogens with zero attached hydrogens (tertiary/aromatic N) is 3. The van der Waals surface area contributed by atoms with Gasteiger partial charge in [-0.05, 0) is 31.5 Å². The standard InChI is InChI=1S/C10H18N4/c1-14(9-4-2-3-7-11)10-6-5-8-12-13-10/h5-6,8H,2-4,7,9,11H2,1H3. The Hall–Kier alpha value is -1.16. The molecular weight excluding hydrogens is 176 g/mol. The van der Waals surface area contributed by atoms with Crippen molar-refractivity contribution in [1.82, 2.24) is 10.2 Å². The SMILES string of the molecule is CN(CCCCCN)c1cccnn1. The maximum Gasteiger partial charge on any atom is 0.150 e. The molecule has 0 aromatic carbocycles. The van der Waals surface area contributed by atoms with Gasteiger partial charge in [-0.3, -0.25) is 0 Å². The normalized spacial score (nSPS) is 10.1. The van der Waals surface area contributed by atoms with E-state index in [4.69, 9.17) is 5.73 Å². The summed E-state index contributed by atoms with van der Waals surface area (Å²) in [6.45, 7) is 1.80. The molecule has 14 heavy (non-hydrogen) atoms. The van der Waals surface area contributed by atoms with Crippen LogP contribution in [0.3, 0.4) is 0 Å². The van der Waals surface area contributed by atoms with E-state index < -0.39 is 0 Å². The average molecular weight is 194 g/mol. The fraction of sp³-hybridized carbons (Fsp3) is 0.600. The van der Waals surface area contributed by atoms with E-state index in [-0.39, 0.29) is 0 Å². The Morgan fingerprint density at radius 3 is 2.86 bits per heavy atom. The van der Waals surface area contributed by atoms with Gasteiger partial charge in [0.25, 0.3) is 0 Å². The quantitative estimate of drug-likeness (QED) is 0.687. The van der Waals surface area contributed by atoms with Crippen LogP contribution >= 0.6 is 0 Å². The predicted octanol–water partition coefficient (Wildman–Crippen LogP) is 1.04. The minimum Gasteiger partial charge on any atom is -0.358 e. The highest BCUT2D eigenvalue weighted by Crippen LogP contribution is 2.06. The molecule has 0 saturated heterocycles. The van der Waals surface area contributed by atoms with E-state index >= 15 is 0 Å². The minimum absolute atomic E-state index is 0.787. The number of anilines is 1. The molecule has 4 nitrogen and oxygen atoms in total. The summed E-state index contributed by atoms with van der Waals surface area (Å²) in [6, 6.07) is 3.87. The third-order valence-electron chi connectivity index (χ3n) is 2.15. The summed E-state index contributed by atoms with van der Waals surface area (Å²) >= 11 is 0. The van der Waals surface area contributed by atoms with Crippen molar-refractivity contribution in [3.63, 3.8) is 0 Å². The highest BCUT2D eigenvalue weighted by molar-refractivity contribution is 5.34. The Morgan fingerprint density at radius 2 is 2.21 bits per heavy atom. The molecule has 78 valence electrons. The molecule has 0 aliphatic rings. The van der Waals surface area contributed by atoms with Crippen molar-refractivity contribution in [2.24, 2.45) is 5.73 Å². The van der Waals surface area contributed by atoms with E-state index in [9.17, 15) is 0 Å². The zero-order valence-corrected chi connectivity index (χ0v) is 8.69. The summed E-state index contributed by atoms with van der Waals surface area (Å²) in [6.07, 6.45) is 5.13. The van der Waals surface area contributed by atoms with E-state index in [0.29, 0.717) is 0 Å². The number of hydrogen-bond acceptors (Lipinski definition) is 4. The predicted molar refractivity (Wildman–Crippen MR) is 58.2 cm³/mol. The highest BCUT2D eigenvalue weighted by Gasteiger charge is 2.00. The number of hydrogen-bond donors (Lipinski definition) is 1. The van der Waals surface area contributed by atoms with Gasteiger partial charge in [-0.2, -0.15) is 5.10 Å². The topological polar surface area (TPSA) is 55.0 Å². The first kappa shape index (κ1) is 10.9. The largest absolute Gasteiger partial charge is 0.358 e. The molecule has 0 aliphatic carbocycles. The van der Waals surface area contributed by atoms with Gasteiger partial charge in [-0.15, -0.1) is 5.10 Å². The van der Waals surface area contributed by atoms with Gasteiger partial charge in [0.1, 0.15) is 0 Å². The first-order valence-electron chi connectivity index (χ1n) is 5.03. The van der Waals surface area contributed by atoms with Crippen molar-refractivity contribution < 1.29 is 0 Å². The van der Waals surface area contributed by atoms with E-state index in [2.05, 4.69) is 15.1 Å². The summed E-state index contributed by atoms with van der Waals surface area (Å²) < 4.78 is 0. The fourth-order valence-electron chi connectivity index (χ4n) is 1.28. The molecule has 0 amide bonds. The molecule has 0 bridgehead atoms. The molecule has 0 fully saturated rings. The second-order valence-electron chi connectivity index (χ2n) is 3.35. The van der Waals surface area contributed by atoms with Gasteiger partial charge in [0.15, 0.2) is 5.82 Å². The summed E-state index contributed by atoms with van der Waals surface area (Å²) in [7, 11) is 2.03. The summed E-state index contributed by atoms with van der Waals surface area (Å²) in [4.78, 5) is 2.11. The molecule has 0 unspecified atom stereocenters. The van der Waals surface area contributed by atoms with Gasteiger partial charge >= 0.3 is 0 Å². The van der Waals surface area contributed by atoms with Crippen LogP contribution in [0.2, 0.25) is 0 Å². The van der Waals surface area contributed by atoms with Crippen LogP contribution in [0.25, 0.3) is 0 Å². The van der Waals surface area contributed by atoms with Crippen molar-refractivity contribution in [1.29, 1.82) is 0 Å². The third-order valence-corrected chi connectivity index (χ3v) is 2.15. The van der Waals surface area contributed by atoms with Crippen LogP contribution in [0.5, 0.6) is 0 Å². The number of unbranched alkanes of at least 4 members (excludes halogenated alkanes) is 2. The molecule has 1 heterocycles. The van der Waals surface area contributed by atoms with Crippen LogP contribution in [0.1, 0.15) is 19.3 Å². The van der Waals surface area contributed by atoms with Crippen LogP contribution < -0.4 is 10.6 Å². The lowest BCUT2D eigenvalue weighted by molar-refractivity contribution is 0.674. The third kappa shape index (κ3) is 3.70. The highest BCUT2D eigenvalue weighted by atomic mass is 15.2. The molecule has 4 heteroatoms. The maximum absolute atomic E-state index is 5.42. The Morgan fingerprint density at radius 1 is 1.36 bits per heavy atom. The van der Waals surface area contributed by atoms with Crippen molar-refractivity contribution >= 4 is 5.82 Å². The van der Waals surface area contributed by atoms with Crippen molar-refractivity contribution in [2.75, 3.05) is 25.0 Å². The van der Waals surface area contributed by atoms with Crippen molar-refractivity contribution in [2.45, 2.75) is 19.3 Å². The molecule has 0 atom stereocenters. The zero-order valence-electron chi connectivity index (χ0n) is 8.69. The monoisotopic (exact) mass is 194 g/mol. The second kappa shape index (κ2) is 6.32. The van der Waals surface area contributed by atoms with Gasteiger partial charge in [0.2, 0.25) is 0 Å². The van der Waals surface area contributed by atoms with Crippen LogP contribution in [0.15, 0.2) is 18.3 Å². The number of nitrogens with two attached hydrogens (primary N) is 1. The Balaban J connectivity index is 2.25. The van der Waals surface area contributed by atoms with Crippen LogP contribution in [0.4, 0.5) is 5.82 Å². The van der Waals surface area contributed by atoms with Crippen molar-refractivity contribution in [3.8, 4) is 0 Å². The fourth-order valence-corrected chi connectivity index (χ4v) is 1.28. The average Bonchev–Trinajstić information content (AvgIpc) is 2.25. The van der Waals surface area contributed by atoms with Gasteiger partial charge in [-0.25, -0.2) is 0 Å². The number of rotatable bonds is 6.